The van der Waals surface area contributed by atoms with Gasteiger partial charge in [-0.3, -0.25) is 0 Å². The molecule has 0 saturated heterocycles. The molecule has 0 atom stereocenters. The van der Waals surface area contributed by atoms with Crippen molar-refractivity contribution in [2.75, 3.05) is 5.32 Å². The van der Waals surface area contributed by atoms with Crippen molar-refractivity contribution < 1.29 is 19.4 Å². The van der Waals surface area contributed by atoms with Crippen LogP contribution in [0.1, 0.15) is 36.7 Å². The number of carbonyl (C=O) groups excluding carboxylic acids is 1. The van der Waals surface area contributed by atoms with Gasteiger partial charge in [0.25, 0.3) is 0 Å². The van der Waals surface area contributed by atoms with Gasteiger partial charge in [0.2, 0.25) is 0 Å². The standard InChI is InChI=1S/C19H22N2O4/c1-19(2,3)25-16-10-8-15(9-11-16)21-18(24)20-12-13-4-6-14(7-5-13)17(22)23/h4-11H,12H2,1-3H3,(H,22,23)(H2,20,21,24). The second-order valence-electron chi connectivity index (χ2n) is 6.55. The Morgan fingerprint density at radius 1 is 1.00 bits per heavy atom. The van der Waals surface area contributed by atoms with Gasteiger partial charge in [-0.05, 0) is 62.7 Å². The Balaban J connectivity index is 1.84. The number of carboxylic acids is 1. The lowest BCUT2D eigenvalue weighted by molar-refractivity contribution is 0.0696. The predicted octanol–water partition coefficient (Wildman–Crippen LogP) is 3.88. The molecule has 0 aromatic heterocycles. The van der Waals surface area contributed by atoms with Crippen molar-refractivity contribution in [3.63, 3.8) is 0 Å². The SMILES string of the molecule is CC(C)(C)Oc1ccc(NC(=O)NCc2ccc(C(=O)O)cc2)cc1. The van der Waals surface area contributed by atoms with E-state index in [4.69, 9.17) is 9.84 Å². The van der Waals surface area contributed by atoms with Crippen LogP contribution in [-0.4, -0.2) is 22.7 Å². The zero-order chi connectivity index (χ0) is 18.4. The molecule has 0 fully saturated rings. The molecule has 0 radical (unpaired) electrons. The average Bonchev–Trinajstić information content (AvgIpc) is 2.54. The molecule has 0 spiro atoms. The first-order valence-electron chi connectivity index (χ1n) is 7.89. The van der Waals surface area contributed by atoms with E-state index in [1.54, 1.807) is 36.4 Å². The Hall–Kier alpha value is -3.02. The first kappa shape index (κ1) is 18.3. The van der Waals surface area contributed by atoms with Crippen molar-refractivity contribution in [3.8, 4) is 5.75 Å². The van der Waals surface area contributed by atoms with E-state index >= 15 is 0 Å². The zero-order valence-corrected chi connectivity index (χ0v) is 14.5. The maximum Gasteiger partial charge on any atom is 0.335 e. The highest BCUT2D eigenvalue weighted by Gasteiger charge is 2.11. The molecule has 132 valence electrons. The summed E-state index contributed by atoms with van der Waals surface area (Å²) in [5.41, 5.74) is 1.41. The molecule has 2 aromatic rings. The summed E-state index contributed by atoms with van der Waals surface area (Å²) < 4.78 is 5.72. The minimum atomic E-state index is -0.976. The molecule has 0 aliphatic carbocycles. The van der Waals surface area contributed by atoms with Gasteiger partial charge in [-0.1, -0.05) is 12.1 Å². The molecule has 25 heavy (non-hydrogen) atoms. The fourth-order valence-electron chi connectivity index (χ4n) is 2.08. The first-order chi connectivity index (χ1) is 11.7. The van der Waals surface area contributed by atoms with E-state index in [-0.39, 0.29) is 17.2 Å². The number of benzene rings is 2. The number of hydrogen-bond acceptors (Lipinski definition) is 3. The third kappa shape index (κ3) is 6.18. The van der Waals surface area contributed by atoms with Crippen molar-refractivity contribution in [1.82, 2.24) is 5.32 Å². The molecule has 2 rings (SSSR count). The zero-order valence-electron chi connectivity index (χ0n) is 14.5. The monoisotopic (exact) mass is 342 g/mol. The highest BCUT2D eigenvalue weighted by Crippen LogP contribution is 2.20. The van der Waals surface area contributed by atoms with E-state index in [0.29, 0.717) is 12.2 Å². The van der Waals surface area contributed by atoms with Crippen LogP contribution in [0, 0.1) is 0 Å². The summed E-state index contributed by atoms with van der Waals surface area (Å²) in [5.74, 6) is -0.242. The van der Waals surface area contributed by atoms with Crippen LogP contribution in [0.4, 0.5) is 10.5 Å². The molecule has 6 heteroatoms. The van der Waals surface area contributed by atoms with Crippen LogP contribution < -0.4 is 15.4 Å². The number of aromatic carboxylic acids is 1. The number of carboxylic acid groups (broad SMARTS) is 1. The molecular formula is C19H22N2O4. The lowest BCUT2D eigenvalue weighted by Gasteiger charge is -2.21. The molecule has 0 bridgehead atoms. The van der Waals surface area contributed by atoms with Gasteiger partial charge in [-0.15, -0.1) is 0 Å². The summed E-state index contributed by atoms with van der Waals surface area (Å²) in [4.78, 5) is 22.7. The van der Waals surface area contributed by atoms with Gasteiger partial charge in [0, 0.05) is 12.2 Å². The van der Waals surface area contributed by atoms with E-state index in [0.717, 1.165) is 11.3 Å². The summed E-state index contributed by atoms with van der Waals surface area (Å²) in [6.45, 7) is 6.21. The van der Waals surface area contributed by atoms with Crippen LogP contribution in [0.3, 0.4) is 0 Å². The summed E-state index contributed by atoms with van der Waals surface area (Å²) in [5, 5.41) is 14.3. The molecule has 0 saturated carbocycles. The summed E-state index contributed by atoms with van der Waals surface area (Å²) in [6.07, 6.45) is 0. The van der Waals surface area contributed by atoms with Crippen LogP contribution >= 0.6 is 0 Å². The lowest BCUT2D eigenvalue weighted by atomic mass is 10.1. The van der Waals surface area contributed by atoms with Crippen molar-refractivity contribution in [3.05, 3.63) is 59.7 Å². The van der Waals surface area contributed by atoms with Gasteiger partial charge in [0.1, 0.15) is 11.4 Å². The first-order valence-corrected chi connectivity index (χ1v) is 7.89. The largest absolute Gasteiger partial charge is 0.488 e. The Kier molecular flexibility index (Phi) is 5.64. The summed E-state index contributed by atoms with van der Waals surface area (Å²) in [7, 11) is 0. The van der Waals surface area contributed by atoms with Gasteiger partial charge in [-0.25, -0.2) is 9.59 Å². The fourth-order valence-corrected chi connectivity index (χ4v) is 2.08. The second kappa shape index (κ2) is 7.70. The summed E-state index contributed by atoms with van der Waals surface area (Å²) in [6, 6.07) is 13.1. The number of rotatable bonds is 5. The quantitative estimate of drug-likeness (QED) is 0.769. The van der Waals surface area contributed by atoms with Gasteiger partial charge in [-0.2, -0.15) is 0 Å². The van der Waals surface area contributed by atoms with E-state index in [2.05, 4.69) is 10.6 Å². The van der Waals surface area contributed by atoms with Crippen molar-refractivity contribution >= 4 is 17.7 Å². The van der Waals surface area contributed by atoms with Crippen LogP contribution in [-0.2, 0) is 6.54 Å². The molecule has 0 unspecified atom stereocenters. The molecule has 0 aliphatic heterocycles. The number of amides is 2. The third-order valence-corrected chi connectivity index (χ3v) is 3.19. The van der Waals surface area contributed by atoms with Gasteiger partial charge in [0.05, 0.1) is 5.56 Å². The van der Waals surface area contributed by atoms with Gasteiger partial charge >= 0.3 is 12.0 Å². The molecule has 2 aromatic carbocycles. The van der Waals surface area contributed by atoms with E-state index in [1.165, 1.54) is 12.1 Å². The molecule has 2 amide bonds. The Morgan fingerprint density at radius 2 is 1.60 bits per heavy atom. The topological polar surface area (TPSA) is 87.7 Å². The second-order valence-corrected chi connectivity index (χ2v) is 6.55. The van der Waals surface area contributed by atoms with Crippen molar-refractivity contribution in [1.29, 1.82) is 0 Å². The van der Waals surface area contributed by atoms with Crippen LogP contribution in [0.5, 0.6) is 5.75 Å². The number of hydrogen-bond donors (Lipinski definition) is 3. The normalized spacial score (nSPS) is 10.8. The minimum absolute atomic E-state index is 0.214. The fraction of sp³-hybridized carbons (Fsp3) is 0.263. The maximum absolute atomic E-state index is 11.9. The van der Waals surface area contributed by atoms with E-state index in [9.17, 15) is 9.59 Å². The van der Waals surface area contributed by atoms with Crippen LogP contribution in [0.2, 0.25) is 0 Å². The van der Waals surface area contributed by atoms with E-state index < -0.39 is 5.97 Å². The Morgan fingerprint density at radius 3 is 2.12 bits per heavy atom. The average molecular weight is 342 g/mol. The van der Waals surface area contributed by atoms with Crippen molar-refractivity contribution in [2.24, 2.45) is 0 Å². The smallest absolute Gasteiger partial charge is 0.335 e. The van der Waals surface area contributed by atoms with Crippen molar-refractivity contribution in [2.45, 2.75) is 32.9 Å². The minimum Gasteiger partial charge on any atom is -0.488 e. The molecular weight excluding hydrogens is 320 g/mol. The van der Waals surface area contributed by atoms with Crippen LogP contribution in [0.15, 0.2) is 48.5 Å². The molecule has 0 heterocycles. The molecule has 6 nitrogen and oxygen atoms in total. The predicted molar refractivity (Wildman–Crippen MR) is 96.1 cm³/mol. The maximum atomic E-state index is 11.9. The van der Waals surface area contributed by atoms with Gasteiger partial charge in [0.15, 0.2) is 0 Å². The Labute approximate surface area is 146 Å². The highest BCUT2D eigenvalue weighted by molar-refractivity contribution is 5.89. The molecule has 0 aliphatic rings. The number of nitrogens with one attached hydrogen (secondary N) is 2. The number of anilines is 1. The highest BCUT2D eigenvalue weighted by atomic mass is 16.5. The van der Waals surface area contributed by atoms with E-state index in [1.807, 2.05) is 20.8 Å². The van der Waals surface area contributed by atoms with Crippen LogP contribution in [0.25, 0.3) is 0 Å². The summed E-state index contributed by atoms with van der Waals surface area (Å²) >= 11 is 0. The number of urea groups is 1. The molecule has 3 N–H and O–H groups in total. The Bertz CT molecular complexity index is 732. The lowest BCUT2D eigenvalue weighted by Crippen LogP contribution is -2.28. The number of ether oxygens (including phenoxy) is 1. The number of carbonyl (C=O) groups is 2. The van der Waals surface area contributed by atoms with Gasteiger partial charge < -0.3 is 20.5 Å². The third-order valence-electron chi connectivity index (χ3n) is 3.19.